The molecular weight excluding hydrogens is 360 g/mol. The summed E-state index contributed by atoms with van der Waals surface area (Å²) in [4.78, 5) is 1.31. The number of halogens is 1. The summed E-state index contributed by atoms with van der Waals surface area (Å²) < 4.78 is 26.4. The average molecular weight is 381 g/mol. The second kappa shape index (κ2) is 6.87. The standard InChI is InChI=1S/C13H21BrN2O2S2/c1-3-20(17,18)16-6-4-12(5-7-16)15-10(2)13-8-11(14)9-19-13/h8-10,12,15H,3-7H2,1-2H3. The molecule has 0 spiro atoms. The minimum atomic E-state index is -3.02. The highest BCUT2D eigenvalue weighted by Gasteiger charge is 2.27. The third-order valence-electron chi connectivity index (χ3n) is 3.71. The molecule has 20 heavy (non-hydrogen) atoms. The van der Waals surface area contributed by atoms with Crippen LogP contribution in [0.2, 0.25) is 0 Å². The van der Waals surface area contributed by atoms with Gasteiger partial charge in [0.1, 0.15) is 0 Å². The van der Waals surface area contributed by atoms with Crippen molar-refractivity contribution in [1.29, 1.82) is 0 Å². The summed E-state index contributed by atoms with van der Waals surface area (Å²) >= 11 is 5.21. The van der Waals surface area contributed by atoms with Crippen molar-refractivity contribution in [3.63, 3.8) is 0 Å². The van der Waals surface area contributed by atoms with Crippen LogP contribution in [0.5, 0.6) is 0 Å². The Morgan fingerprint density at radius 2 is 2.15 bits per heavy atom. The summed E-state index contributed by atoms with van der Waals surface area (Å²) in [6, 6.07) is 2.85. The third kappa shape index (κ3) is 4.04. The molecule has 1 saturated heterocycles. The molecule has 7 heteroatoms. The van der Waals surface area contributed by atoms with E-state index in [1.165, 1.54) is 4.88 Å². The van der Waals surface area contributed by atoms with Crippen LogP contribution in [0.25, 0.3) is 0 Å². The number of nitrogens with zero attached hydrogens (tertiary/aromatic N) is 1. The van der Waals surface area contributed by atoms with E-state index >= 15 is 0 Å². The quantitative estimate of drug-likeness (QED) is 0.853. The van der Waals surface area contributed by atoms with E-state index in [0.29, 0.717) is 25.2 Å². The molecule has 1 aliphatic rings. The van der Waals surface area contributed by atoms with Crippen molar-refractivity contribution < 1.29 is 8.42 Å². The third-order valence-corrected chi connectivity index (χ3v) is 7.47. The van der Waals surface area contributed by atoms with Crippen LogP contribution in [-0.2, 0) is 10.0 Å². The van der Waals surface area contributed by atoms with Gasteiger partial charge in [-0.2, -0.15) is 0 Å². The van der Waals surface area contributed by atoms with Gasteiger partial charge >= 0.3 is 0 Å². The Kier molecular flexibility index (Phi) is 5.64. The van der Waals surface area contributed by atoms with Gasteiger partial charge < -0.3 is 5.32 Å². The molecule has 1 atom stereocenters. The van der Waals surface area contributed by atoms with Crippen molar-refractivity contribution in [3.8, 4) is 0 Å². The average Bonchev–Trinajstić information content (AvgIpc) is 2.86. The summed E-state index contributed by atoms with van der Waals surface area (Å²) in [6.07, 6.45) is 1.77. The molecule has 1 fully saturated rings. The predicted molar refractivity (Wildman–Crippen MR) is 87.6 cm³/mol. The normalized spacial score (nSPS) is 20.1. The smallest absolute Gasteiger partial charge is 0.213 e. The summed E-state index contributed by atoms with van der Waals surface area (Å²) in [7, 11) is -3.02. The molecule has 114 valence electrons. The molecule has 0 aromatic carbocycles. The molecular formula is C13H21BrN2O2S2. The number of hydrogen-bond donors (Lipinski definition) is 1. The topological polar surface area (TPSA) is 49.4 Å². The Bertz CT molecular complexity index is 536. The number of nitrogens with one attached hydrogen (secondary N) is 1. The van der Waals surface area contributed by atoms with E-state index in [2.05, 4.69) is 39.6 Å². The fraction of sp³-hybridized carbons (Fsp3) is 0.692. The highest BCUT2D eigenvalue weighted by Crippen LogP contribution is 2.26. The minimum absolute atomic E-state index is 0.199. The van der Waals surface area contributed by atoms with Gasteiger partial charge in [-0.25, -0.2) is 12.7 Å². The lowest BCUT2D eigenvalue weighted by atomic mass is 10.1. The Hall–Kier alpha value is 0.0500. The number of thiophene rings is 1. The molecule has 2 rings (SSSR count). The first-order chi connectivity index (χ1) is 9.42. The van der Waals surface area contributed by atoms with Crippen LogP contribution >= 0.6 is 27.3 Å². The molecule has 0 saturated carbocycles. The Labute approximate surface area is 133 Å². The van der Waals surface area contributed by atoms with Crippen LogP contribution in [0.1, 0.15) is 37.6 Å². The SMILES string of the molecule is CCS(=O)(=O)N1CCC(NC(C)c2cc(Br)cs2)CC1. The molecule has 0 amide bonds. The first-order valence-electron chi connectivity index (χ1n) is 6.90. The van der Waals surface area contributed by atoms with E-state index < -0.39 is 10.0 Å². The Morgan fingerprint density at radius 3 is 2.65 bits per heavy atom. The maximum absolute atomic E-state index is 11.8. The van der Waals surface area contributed by atoms with E-state index in [1.807, 2.05) is 0 Å². The van der Waals surface area contributed by atoms with E-state index in [4.69, 9.17) is 0 Å². The highest BCUT2D eigenvalue weighted by atomic mass is 79.9. The Morgan fingerprint density at radius 1 is 1.50 bits per heavy atom. The fourth-order valence-electron chi connectivity index (χ4n) is 2.47. The molecule has 0 bridgehead atoms. The van der Waals surface area contributed by atoms with Gasteiger partial charge in [-0.1, -0.05) is 0 Å². The summed E-state index contributed by atoms with van der Waals surface area (Å²) in [5.41, 5.74) is 0. The number of rotatable bonds is 5. The van der Waals surface area contributed by atoms with Crippen molar-refractivity contribution in [2.45, 2.75) is 38.8 Å². The predicted octanol–water partition coefficient (Wildman–Crippen LogP) is 2.98. The summed E-state index contributed by atoms with van der Waals surface area (Å²) in [6.45, 7) is 5.13. The highest BCUT2D eigenvalue weighted by molar-refractivity contribution is 9.10. The van der Waals surface area contributed by atoms with Crippen LogP contribution < -0.4 is 5.32 Å². The number of piperidine rings is 1. The lowest BCUT2D eigenvalue weighted by Crippen LogP contribution is -2.45. The molecule has 1 N–H and O–H groups in total. The van der Waals surface area contributed by atoms with Crippen molar-refractivity contribution in [2.24, 2.45) is 0 Å². The molecule has 4 nitrogen and oxygen atoms in total. The van der Waals surface area contributed by atoms with Crippen LogP contribution in [0.15, 0.2) is 15.9 Å². The van der Waals surface area contributed by atoms with Crippen molar-refractivity contribution in [1.82, 2.24) is 9.62 Å². The van der Waals surface area contributed by atoms with Crippen LogP contribution in [-0.4, -0.2) is 37.6 Å². The van der Waals surface area contributed by atoms with Gasteiger partial charge in [0.2, 0.25) is 10.0 Å². The van der Waals surface area contributed by atoms with Crippen LogP contribution in [0.3, 0.4) is 0 Å². The van der Waals surface area contributed by atoms with E-state index in [-0.39, 0.29) is 5.75 Å². The van der Waals surface area contributed by atoms with Gasteiger partial charge in [0, 0.05) is 39.9 Å². The minimum Gasteiger partial charge on any atom is -0.307 e. The van der Waals surface area contributed by atoms with Crippen LogP contribution in [0.4, 0.5) is 0 Å². The second-order valence-corrected chi connectivity index (χ2v) is 9.25. The zero-order valence-electron chi connectivity index (χ0n) is 11.8. The van der Waals surface area contributed by atoms with Gasteiger partial charge in [0.25, 0.3) is 0 Å². The van der Waals surface area contributed by atoms with Gasteiger partial charge in [0.15, 0.2) is 0 Å². The maximum atomic E-state index is 11.8. The first kappa shape index (κ1) is 16.4. The molecule has 2 heterocycles. The van der Waals surface area contributed by atoms with Gasteiger partial charge in [-0.15, -0.1) is 11.3 Å². The zero-order valence-corrected chi connectivity index (χ0v) is 15.0. The van der Waals surface area contributed by atoms with E-state index in [0.717, 1.165) is 17.3 Å². The summed E-state index contributed by atoms with van der Waals surface area (Å²) in [5, 5.41) is 5.69. The largest absolute Gasteiger partial charge is 0.307 e. The van der Waals surface area contributed by atoms with Crippen molar-refractivity contribution in [3.05, 3.63) is 20.8 Å². The monoisotopic (exact) mass is 380 g/mol. The maximum Gasteiger partial charge on any atom is 0.213 e. The van der Waals surface area contributed by atoms with Gasteiger partial charge in [-0.05, 0) is 48.7 Å². The number of hydrogen-bond acceptors (Lipinski definition) is 4. The molecule has 0 aliphatic carbocycles. The zero-order chi connectivity index (χ0) is 14.8. The fourth-order valence-corrected chi connectivity index (χ4v) is 5.07. The van der Waals surface area contributed by atoms with Gasteiger partial charge in [-0.3, -0.25) is 0 Å². The first-order valence-corrected chi connectivity index (χ1v) is 10.2. The number of sulfonamides is 1. The lowest BCUT2D eigenvalue weighted by molar-refractivity contribution is 0.278. The molecule has 1 aromatic rings. The Balaban J connectivity index is 1.86. The van der Waals surface area contributed by atoms with Crippen molar-refractivity contribution in [2.75, 3.05) is 18.8 Å². The van der Waals surface area contributed by atoms with E-state index in [9.17, 15) is 8.42 Å². The lowest BCUT2D eigenvalue weighted by Gasteiger charge is -2.32. The summed E-state index contributed by atoms with van der Waals surface area (Å²) in [5.74, 6) is 0.199. The molecule has 1 unspecified atom stereocenters. The van der Waals surface area contributed by atoms with Gasteiger partial charge in [0.05, 0.1) is 5.75 Å². The second-order valence-electron chi connectivity index (χ2n) is 5.13. The molecule has 0 radical (unpaired) electrons. The molecule has 1 aromatic heterocycles. The van der Waals surface area contributed by atoms with E-state index in [1.54, 1.807) is 22.6 Å². The van der Waals surface area contributed by atoms with Crippen LogP contribution in [0, 0.1) is 0 Å². The van der Waals surface area contributed by atoms with Crippen molar-refractivity contribution >= 4 is 37.3 Å². The molecule has 1 aliphatic heterocycles.